The molecule has 0 saturated carbocycles. The molecule has 1 atom stereocenters. The summed E-state index contributed by atoms with van der Waals surface area (Å²) in [5.41, 5.74) is 3.22. The zero-order valence-corrected chi connectivity index (χ0v) is 10.1. The third-order valence-corrected chi connectivity index (χ3v) is 3.20. The number of carbonyl (C=O) groups is 1. The zero-order chi connectivity index (χ0) is 12.4. The van der Waals surface area contributed by atoms with Gasteiger partial charge < -0.3 is 14.7 Å². The Morgan fingerprint density at radius 3 is 3.06 bits per heavy atom. The summed E-state index contributed by atoms with van der Waals surface area (Å²) in [4.78, 5) is 13.3. The van der Waals surface area contributed by atoms with Crippen molar-refractivity contribution in [2.45, 2.75) is 18.9 Å². The summed E-state index contributed by atoms with van der Waals surface area (Å²) in [6.07, 6.45) is 0.217. The third-order valence-electron chi connectivity index (χ3n) is 3.20. The van der Waals surface area contributed by atoms with Gasteiger partial charge in [-0.25, -0.2) is 0 Å². The molecule has 1 aromatic rings. The quantitative estimate of drug-likeness (QED) is 0.802. The van der Waals surface area contributed by atoms with Crippen molar-refractivity contribution in [3.05, 3.63) is 29.3 Å². The second-order valence-corrected chi connectivity index (χ2v) is 4.36. The number of esters is 1. The number of aliphatic hydroxyl groups is 1. The van der Waals surface area contributed by atoms with Crippen LogP contribution in [0.5, 0.6) is 0 Å². The highest BCUT2D eigenvalue weighted by Gasteiger charge is 2.19. The molecule has 1 aliphatic heterocycles. The maximum atomic E-state index is 11.1. The van der Waals surface area contributed by atoms with Crippen molar-refractivity contribution in [2.24, 2.45) is 0 Å². The summed E-state index contributed by atoms with van der Waals surface area (Å²) >= 11 is 0. The number of rotatable bonds is 3. The van der Waals surface area contributed by atoms with Crippen LogP contribution in [-0.4, -0.2) is 31.8 Å². The third kappa shape index (κ3) is 2.42. The lowest BCUT2D eigenvalue weighted by atomic mass is 10.0. The van der Waals surface area contributed by atoms with Crippen LogP contribution in [-0.2, 0) is 16.0 Å². The summed E-state index contributed by atoms with van der Waals surface area (Å²) in [6.45, 7) is 1.01. The average Bonchev–Trinajstić information content (AvgIpc) is 2.70. The van der Waals surface area contributed by atoms with Gasteiger partial charge in [0.25, 0.3) is 0 Å². The van der Waals surface area contributed by atoms with Crippen molar-refractivity contribution >= 4 is 11.7 Å². The molecule has 0 bridgehead atoms. The predicted octanol–water partition coefficient (Wildman–Crippen LogP) is 1.28. The molecular weight excluding hydrogens is 218 g/mol. The summed E-state index contributed by atoms with van der Waals surface area (Å²) in [7, 11) is 3.38. The van der Waals surface area contributed by atoms with E-state index in [1.54, 1.807) is 0 Å². The highest BCUT2D eigenvalue weighted by atomic mass is 16.5. The standard InChI is InChI=1S/C13H17NO3/c1-14-6-5-9-7-10(3-4-11(9)14)12(15)8-13(16)17-2/h3-4,7,12,15H,5-6,8H2,1-2H3. The minimum Gasteiger partial charge on any atom is -0.469 e. The second kappa shape index (κ2) is 4.75. The van der Waals surface area contributed by atoms with E-state index in [9.17, 15) is 9.90 Å². The molecule has 4 heteroatoms. The number of carbonyl (C=O) groups excluding carboxylic acids is 1. The van der Waals surface area contributed by atoms with E-state index in [4.69, 9.17) is 0 Å². The fourth-order valence-electron chi connectivity index (χ4n) is 2.15. The van der Waals surface area contributed by atoms with Gasteiger partial charge >= 0.3 is 5.97 Å². The van der Waals surface area contributed by atoms with Gasteiger partial charge in [0.1, 0.15) is 0 Å². The molecule has 1 unspecified atom stereocenters. The van der Waals surface area contributed by atoms with E-state index in [1.165, 1.54) is 18.4 Å². The number of anilines is 1. The topological polar surface area (TPSA) is 49.8 Å². The zero-order valence-electron chi connectivity index (χ0n) is 10.1. The molecule has 0 spiro atoms. The molecular formula is C13H17NO3. The highest BCUT2D eigenvalue weighted by molar-refractivity contribution is 5.70. The number of fused-ring (bicyclic) bond motifs is 1. The maximum absolute atomic E-state index is 11.1. The van der Waals surface area contributed by atoms with Crippen LogP contribution < -0.4 is 4.90 Å². The van der Waals surface area contributed by atoms with E-state index in [0.717, 1.165) is 18.5 Å². The van der Waals surface area contributed by atoms with Gasteiger partial charge in [-0.2, -0.15) is 0 Å². The molecule has 1 N–H and O–H groups in total. The Balaban J connectivity index is 2.15. The molecule has 0 amide bonds. The summed E-state index contributed by atoms with van der Waals surface area (Å²) in [5, 5.41) is 9.90. The Morgan fingerprint density at radius 1 is 1.59 bits per heavy atom. The number of nitrogens with zero attached hydrogens (tertiary/aromatic N) is 1. The van der Waals surface area contributed by atoms with Crippen molar-refractivity contribution in [1.82, 2.24) is 0 Å². The Kier molecular flexibility index (Phi) is 3.33. The number of likely N-dealkylation sites (N-methyl/N-ethyl adjacent to an activating group) is 1. The van der Waals surface area contributed by atoms with E-state index in [-0.39, 0.29) is 6.42 Å². The van der Waals surface area contributed by atoms with Gasteiger partial charge in [0.2, 0.25) is 0 Å². The largest absolute Gasteiger partial charge is 0.469 e. The van der Waals surface area contributed by atoms with Crippen LogP contribution in [0.3, 0.4) is 0 Å². The predicted molar refractivity (Wildman–Crippen MR) is 65.0 cm³/mol. The smallest absolute Gasteiger partial charge is 0.308 e. The number of benzene rings is 1. The second-order valence-electron chi connectivity index (χ2n) is 4.36. The SMILES string of the molecule is COC(=O)CC(O)c1ccc2c(c1)CCN2C. The van der Waals surface area contributed by atoms with E-state index in [0.29, 0.717) is 0 Å². The van der Waals surface area contributed by atoms with Crippen LogP contribution in [0.15, 0.2) is 18.2 Å². The summed E-state index contributed by atoms with van der Waals surface area (Å²) in [6, 6.07) is 5.85. The molecule has 1 aliphatic rings. The van der Waals surface area contributed by atoms with Gasteiger partial charge in [-0.15, -0.1) is 0 Å². The first kappa shape index (κ1) is 11.9. The van der Waals surface area contributed by atoms with E-state index in [2.05, 4.69) is 16.7 Å². The first-order valence-electron chi connectivity index (χ1n) is 5.70. The van der Waals surface area contributed by atoms with Crippen molar-refractivity contribution in [1.29, 1.82) is 0 Å². The number of hydrogen-bond acceptors (Lipinski definition) is 4. The molecule has 0 radical (unpaired) electrons. The number of ether oxygens (including phenoxy) is 1. The Bertz CT molecular complexity index is 431. The van der Waals surface area contributed by atoms with Crippen molar-refractivity contribution in [3.8, 4) is 0 Å². The molecule has 0 saturated heterocycles. The lowest BCUT2D eigenvalue weighted by Gasteiger charge is -2.14. The monoisotopic (exact) mass is 235 g/mol. The van der Waals surface area contributed by atoms with Crippen LogP contribution >= 0.6 is 0 Å². The molecule has 0 fully saturated rings. The molecule has 17 heavy (non-hydrogen) atoms. The molecule has 1 aromatic carbocycles. The van der Waals surface area contributed by atoms with Crippen molar-refractivity contribution < 1.29 is 14.6 Å². The summed E-state index contributed by atoms with van der Waals surface area (Å²) in [5.74, 6) is -0.393. The average molecular weight is 235 g/mol. The van der Waals surface area contributed by atoms with Crippen molar-refractivity contribution in [2.75, 3.05) is 25.6 Å². The van der Waals surface area contributed by atoms with Crippen LogP contribution in [0.25, 0.3) is 0 Å². The Hall–Kier alpha value is -1.55. The molecule has 0 aromatic heterocycles. The van der Waals surface area contributed by atoms with Gasteiger partial charge in [-0.05, 0) is 23.6 Å². The fraction of sp³-hybridized carbons (Fsp3) is 0.462. The first-order chi connectivity index (χ1) is 8.11. The Labute approximate surface area is 101 Å². The Morgan fingerprint density at radius 2 is 2.35 bits per heavy atom. The molecule has 2 rings (SSSR count). The molecule has 1 heterocycles. The molecule has 92 valence electrons. The lowest BCUT2D eigenvalue weighted by molar-refractivity contribution is -0.142. The highest BCUT2D eigenvalue weighted by Crippen LogP contribution is 2.30. The lowest BCUT2D eigenvalue weighted by Crippen LogP contribution is -2.12. The van der Waals surface area contributed by atoms with Gasteiger partial charge in [-0.3, -0.25) is 4.79 Å². The van der Waals surface area contributed by atoms with E-state index in [1.807, 2.05) is 18.2 Å². The number of aliphatic hydroxyl groups excluding tert-OH is 1. The van der Waals surface area contributed by atoms with E-state index < -0.39 is 12.1 Å². The first-order valence-corrected chi connectivity index (χ1v) is 5.70. The van der Waals surface area contributed by atoms with Gasteiger partial charge in [-0.1, -0.05) is 12.1 Å². The summed E-state index contributed by atoms with van der Waals surface area (Å²) < 4.78 is 4.54. The van der Waals surface area contributed by atoms with Crippen LogP contribution in [0.1, 0.15) is 23.7 Å². The van der Waals surface area contributed by atoms with Gasteiger partial charge in [0, 0.05) is 19.3 Å². The van der Waals surface area contributed by atoms with Gasteiger partial charge in [0.05, 0.1) is 19.6 Å². The number of methoxy groups -OCH3 is 1. The maximum Gasteiger partial charge on any atom is 0.308 e. The molecule has 0 aliphatic carbocycles. The molecule has 4 nitrogen and oxygen atoms in total. The normalized spacial score (nSPS) is 15.6. The van der Waals surface area contributed by atoms with Crippen molar-refractivity contribution in [3.63, 3.8) is 0 Å². The minimum absolute atomic E-state index is 0.00509. The fourth-order valence-corrected chi connectivity index (χ4v) is 2.15. The van der Waals surface area contributed by atoms with Crippen LogP contribution in [0, 0.1) is 0 Å². The van der Waals surface area contributed by atoms with E-state index >= 15 is 0 Å². The van der Waals surface area contributed by atoms with Crippen LogP contribution in [0.4, 0.5) is 5.69 Å². The number of hydrogen-bond donors (Lipinski definition) is 1. The van der Waals surface area contributed by atoms with Crippen LogP contribution in [0.2, 0.25) is 0 Å². The minimum atomic E-state index is -0.779. The van der Waals surface area contributed by atoms with Gasteiger partial charge in [0.15, 0.2) is 0 Å².